The summed E-state index contributed by atoms with van der Waals surface area (Å²) in [4.78, 5) is 23.8. The number of aromatic carboxylic acids is 1. The van der Waals surface area contributed by atoms with Gasteiger partial charge in [-0.2, -0.15) is 0 Å². The van der Waals surface area contributed by atoms with Crippen LogP contribution in [0.15, 0.2) is 42.5 Å². The van der Waals surface area contributed by atoms with E-state index in [1.807, 2.05) is 36.4 Å². The van der Waals surface area contributed by atoms with Gasteiger partial charge in [0.25, 0.3) is 5.91 Å². The molecule has 0 fully saturated rings. The SMILES string of the molecule is CCC(C)Oc1cccc(C(=O)NC(=S)Nc2ccc(I)cc2C(=O)O)c1. The standard InChI is InChI=1S/C19H19IN2O4S/c1-3-11(2)26-14-6-4-5-12(9-14)17(23)22-19(27)21-16-8-7-13(20)10-15(16)18(24)25/h4-11H,3H2,1-2H3,(H,24,25)(H2,21,22,23,27). The first-order valence-corrected chi connectivity index (χ1v) is 9.70. The van der Waals surface area contributed by atoms with Crippen molar-refractivity contribution in [2.45, 2.75) is 26.4 Å². The Morgan fingerprint density at radius 3 is 2.67 bits per heavy atom. The Balaban J connectivity index is 2.07. The first kappa shape index (κ1) is 21.1. The third kappa shape index (κ3) is 6.17. The fourth-order valence-electron chi connectivity index (χ4n) is 2.16. The number of hydrogen-bond donors (Lipinski definition) is 3. The molecule has 0 heterocycles. The van der Waals surface area contributed by atoms with Gasteiger partial charge in [-0.1, -0.05) is 13.0 Å². The van der Waals surface area contributed by atoms with Crippen molar-refractivity contribution < 1.29 is 19.4 Å². The molecule has 2 aromatic rings. The van der Waals surface area contributed by atoms with Crippen LogP contribution in [0.4, 0.5) is 5.69 Å². The maximum Gasteiger partial charge on any atom is 0.337 e. The highest BCUT2D eigenvalue weighted by atomic mass is 127. The Hall–Kier alpha value is -2.20. The zero-order valence-electron chi connectivity index (χ0n) is 14.8. The van der Waals surface area contributed by atoms with E-state index in [0.717, 1.165) is 9.99 Å². The molecule has 8 heteroatoms. The fraction of sp³-hybridized carbons (Fsp3) is 0.211. The van der Waals surface area contributed by atoms with Crippen LogP contribution in [-0.2, 0) is 0 Å². The summed E-state index contributed by atoms with van der Waals surface area (Å²) in [5.74, 6) is -0.897. The van der Waals surface area contributed by atoms with Gasteiger partial charge in [0.2, 0.25) is 0 Å². The highest BCUT2D eigenvalue weighted by molar-refractivity contribution is 14.1. The van der Waals surface area contributed by atoms with Crippen molar-refractivity contribution in [3.8, 4) is 5.75 Å². The summed E-state index contributed by atoms with van der Waals surface area (Å²) in [5.41, 5.74) is 0.769. The molecule has 6 nitrogen and oxygen atoms in total. The summed E-state index contributed by atoms with van der Waals surface area (Å²) in [7, 11) is 0. The predicted octanol–water partition coefficient (Wildman–Crippen LogP) is 4.29. The maximum absolute atomic E-state index is 12.4. The monoisotopic (exact) mass is 498 g/mol. The number of ether oxygens (including phenoxy) is 1. The van der Waals surface area contributed by atoms with Crippen molar-refractivity contribution in [2.24, 2.45) is 0 Å². The molecule has 0 saturated carbocycles. The molecule has 0 aliphatic carbocycles. The minimum absolute atomic E-state index is 0.0111. The molecule has 27 heavy (non-hydrogen) atoms. The molecule has 3 N–H and O–H groups in total. The minimum atomic E-state index is -1.08. The number of halogens is 1. The molecule has 0 aliphatic heterocycles. The molecule has 2 aromatic carbocycles. The smallest absolute Gasteiger partial charge is 0.337 e. The van der Waals surface area contributed by atoms with Crippen molar-refractivity contribution in [1.82, 2.24) is 5.32 Å². The molecule has 0 aliphatic rings. The van der Waals surface area contributed by atoms with Crippen molar-refractivity contribution in [2.75, 3.05) is 5.32 Å². The minimum Gasteiger partial charge on any atom is -0.491 e. The number of carbonyl (C=O) groups is 2. The van der Waals surface area contributed by atoms with Gasteiger partial charge in [0.1, 0.15) is 5.75 Å². The number of carboxylic acid groups (broad SMARTS) is 1. The average Bonchev–Trinajstić information content (AvgIpc) is 2.63. The molecule has 0 radical (unpaired) electrons. The van der Waals surface area contributed by atoms with Crippen LogP contribution in [0.2, 0.25) is 0 Å². The van der Waals surface area contributed by atoms with Gasteiger partial charge in [0.15, 0.2) is 5.11 Å². The molecular formula is C19H19IN2O4S. The van der Waals surface area contributed by atoms with Crippen molar-refractivity contribution >= 4 is 57.5 Å². The number of nitrogens with one attached hydrogen (secondary N) is 2. The van der Waals surface area contributed by atoms with Crippen molar-refractivity contribution in [3.05, 3.63) is 57.2 Å². The average molecular weight is 498 g/mol. The third-order valence-electron chi connectivity index (χ3n) is 3.70. The lowest BCUT2D eigenvalue weighted by Gasteiger charge is -2.14. The Morgan fingerprint density at radius 1 is 1.26 bits per heavy atom. The van der Waals surface area contributed by atoms with Gasteiger partial charge in [-0.25, -0.2) is 4.79 Å². The summed E-state index contributed by atoms with van der Waals surface area (Å²) in [6.07, 6.45) is 0.896. The Kier molecular flexibility index (Phi) is 7.55. The lowest BCUT2D eigenvalue weighted by molar-refractivity contribution is 0.0697. The molecule has 1 unspecified atom stereocenters. The van der Waals surface area contributed by atoms with Crippen molar-refractivity contribution in [3.63, 3.8) is 0 Å². The molecular weight excluding hydrogens is 479 g/mol. The fourth-order valence-corrected chi connectivity index (χ4v) is 2.85. The Morgan fingerprint density at radius 2 is 2.00 bits per heavy atom. The molecule has 2 rings (SSSR count). The van der Waals surface area contributed by atoms with Crippen LogP contribution in [0.1, 0.15) is 41.0 Å². The van der Waals surface area contributed by atoms with Gasteiger partial charge in [-0.15, -0.1) is 0 Å². The highest BCUT2D eigenvalue weighted by Crippen LogP contribution is 2.19. The van der Waals surface area contributed by atoms with E-state index in [0.29, 0.717) is 17.0 Å². The number of rotatable bonds is 6. The number of carboxylic acids is 1. The normalized spacial score (nSPS) is 11.4. The Bertz CT molecular complexity index is 873. The number of hydrogen-bond acceptors (Lipinski definition) is 4. The van der Waals surface area contributed by atoms with Crippen LogP contribution in [0.5, 0.6) is 5.75 Å². The highest BCUT2D eigenvalue weighted by Gasteiger charge is 2.14. The number of thiocarbonyl (C=S) groups is 1. The van der Waals surface area contributed by atoms with E-state index < -0.39 is 11.9 Å². The topological polar surface area (TPSA) is 87.7 Å². The zero-order valence-corrected chi connectivity index (χ0v) is 17.8. The van der Waals surface area contributed by atoms with E-state index in [9.17, 15) is 14.7 Å². The van der Waals surface area contributed by atoms with Crippen LogP contribution in [-0.4, -0.2) is 28.2 Å². The van der Waals surface area contributed by atoms with E-state index in [4.69, 9.17) is 17.0 Å². The molecule has 1 atom stereocenters. The number of benzene rings is 2. The number of anilines is 1. The molecule has 0 aromatic heterocycles. The van der Waals surface area contributed by atoms with Crippen LogP contribution in [0.25, 0.3) is 0 Å². The van der Waals surface area contributed by atoms with Gasteiger partial charge in [0, 0.05) is 9.13 Å². The van der Waals surface area contributed by atoms with Crippen LogP contribution in [0, 0.1) is 3.57 Å². The second-order valence-corrected chi connectivity index (χ2v) is 7.42. The largest absolute Gasteiger partial charge is 0.491 e. The first-order chi connectivity index (χ1) is 12.8. The van der Waals surface area contributed by atoms with Gasteiger partial charge >= 0.3 is 5.97 Å². The van der Waals surface area contributed by atoms with E-state index in [2.05, 4.69) is 10.6 Å². The van der Waals surface area contributed by atoms with E-state index in [1.54, 1.807) is 36.4 Å². The van der Waals surface area contributed by atoms with Crippen LogP contribution >= 0.6 is 34.8 Å². The van der Waals surface area contributed by atoms with E-state index in [-0.39, 0.29) is 16.8 Å². The predicted molar refractivity (Wildman–Crippen MR) is 117 cm³/mol. The molecule has 0 saturated heterocycles. The number of amides is 1. The number of carbonyl (C=O) groups excluding carboxylic acids is 1. The molecule has 0 spiro atoms. The quantitative estimate of drug-likeness (QED) is 0.407. The summed E-state index contributed by atoms with van der Waals surface area (Å²) in [6.45, 7) is 3.97. The van der Waals surface area contributed by atoms with Crippen molar-refractivity contribution in [1.29, 1.82) is 0 Å². The second kappa shape index (κ2) is 9.65. The van der Waals surface area contributed by atoms with Gasteiger partial charge in [0.05, 0.1) is 17.4 Å². The third-order valence-corrected chi connectivity index (χ3v) is 4.57. The molecule has 0 bridgehead atoms. The zero-order chi connectivity index (χ0) is 20.0. The summed E-state index contributed by atoms with van der Waals surface area (Å²) < 4.78 is 6.49. The van der Waals surface area contributed by atoms with E-state index >= 15 is 0 Å². The van der Waals surface area contributed by atoms with Gasteiger partial charge < -0.3 is 15.2 Å². The second-order valence-electron chi connectivity index (χ2n) is 5.77. The maximum atomic E-state index is 12.4. The molecule has 1 amide bonds. The lowest BCUT2D eigenvalue weighted by atomic mass is 10.2. The summed E-state index contributed by atoms with van der Waals surface area (Å²) in [6, 6.07) is 11.7. The van der Waals surface area contributed by atoms with E-state index in [1.165, 1.54) is 6.07 Å². The first-order valence-electron chi connectivity index (χ1n) is 8.22. The summed E-state index contributed by atoms with van der Waals surface area (Å²) in [5, 5.41) is 14.6. The van der Waals surface area contributed by atoms with Gasteiger partial charge in [-0.3, -0.25) is 10.1 Å². The Labute approximate surface area is 176 Å². The lowest BCUT2D eigenvalue weighted by Crippen LogP contribution is -2.34. The summed E-state index contributed by atoms with van der Waals surface area (Å²) >= 11 is 7.17. The van der Waals surface area contributed by atoms with Gasteiger partial charge in [-0.05, 0) is 84.6 Å². The molecule has 142 valence electrons. The van der Waals surface area contributed by atoms with Crippen LogP contribution < -0.4 is 15.4 Å². The van der Waals surface area contributed by atoms with Crippen LogP contribution in [0.3, 0.4) is 0 Å².